The van der Waals surface area contributed by atoms with Gasteiger partial charge in [-0.3, -0.25) is 5.43 Å². The minimum Gasteiger partial charge on any atom is -0.493 e. The van der Waals surface area contributed by atoms with E-state index in [0.29, 0.717) is 33.8 Å². The largest absolute Gasteiger partial charge is 0.493 e. The summed E-state index contributed by atoms with van der Waals surface area (Å²) in [7, 11) is 1.55. The summed E-state index contributed by atoms with van der Waals surface area (Å²) in [4.78, 5) is 11.0. The average Bonchev–Trinajstić information content (AvgIpc) is 2.75. The summed E-state index contributed by atoms with van der Waals surface area (Å²) in [5.41, 5.74) is 5.21. The second-order valence-electron chi connectivity index (χ2n) is 6.20. The number of aromatic carboxylic acids is 1. The van der Waals surface area contributed by atoms with Gasteiger partial charge in [-0.1, -0.05) is 35.3 Å². The van der Waals surface area contributed by atoms with E-state index in [0.717, 1.165) is 11.1 Å². The molecule has 0 aromatic heterocycles. The first kappa shape index (κ1) is 21.5. The third-order valence-corrected chi connectivity index (χ3v) is 4.82. The quantitative estimate of drug-likeness (QED) is 0.342. The molecule has 0 spiro atoms. The van der Waals surface area contributed by atoms with Crippen LogP contribution in [0.5, 0.6) is 11.5 Å². The van der Waals surface area contributed by atoms with E-state index in [1.54, 1.807) is 49.7 Å². The first-order valence-corrected chi connectivity index (χ1v) is 9.59. The number of methoxy groups -OCH3 is 1. The Hall–Kier alpha value is -3.22. The maximum atomic E-state index is 11.0. The van der Waals surface area contributed by atoms with Crippen molar-refractivity contribution in [3.8, 4) is 11.5 Å². The Bertz CT molecular complexity index is 1090. The molecule has 0 saturated heterocycles. The third kappa shape index (κ3) is 5.65. The van der Waals surface area contributed by atoms with E-state index >= 15 is 0 Å². The van der Waals surface area contributed by atoms with Crippen LogP contribution >= 0.6 is 23.2 Å². The van der Waals surface area contributed by atoms with Gasteiger partial charge in [0.25, 0.3) is 0 Å². The zero-order valence-electron chi connectivity index (χ0n) is 15.9. The molecule has 3 rings (SSSR count). The molecule has 0 aliphatic heterocycles. The van der Waals surface area contributed by atoms with Crippen LogP contribution in [0, 0.1) is 0 Å². The summed E-state index contributed by atoms with van der Waals surface area (Å²) in [5, 5.41) is 14.1. The molecule has 2 N–H and O–H groups in total. The second-order valence-corrected chi connectivity index (χ2v) is 7.02. The van der Waals surface area contributed by atoms with Crippen molar-refractivity contribution in [1.82, 2.24) is 0 Å². The van der Waals surface area contributed by atoms with Crippen molar-refractivity contribution < 1.29 is 19.4 Å². The molecule has 0 bridgehead atoms. The van der Waals surface area contributed by atoms with Gasteiger partial charge in [-0.25, -0.2) is 4.79 Å². The fraction of sp³-hybridized carbons (Fsp3) is 0.0909. The number of hydrogen-bond acceptors (Lipinski definition) is 5. The number of rotatable bonds is 8. The van der Waals surface area contributed by atoms with Gasteiger partial charge in [0, 0.05) is 0 Å². The number of ether oxygens (including phenoxy) is 2. The first-order valence-electron chi connectivity index (χ1n) is 8.83. The third-order valence-electron chi connectivity index (χ3n) is 4.08. The Morgan fingerprint density at radius 1 is 1.07 bits per heavy atom. The monoisotopic (exact) mass is 444 g/mol. The molecule has 3 aromatic rings. The molecule has 8 heteroatoms. The van der Waals surface area contributed by atoms with Crippen LogP contribution in [-0.2, 0) is 6.61 Å². The van der Waals surface area contributed by atoms with Crippen LogP contribution in [0.1, 0.15) is 21.5 Å². The maximum absolute atomic E-state index is 11.0. The van der Waals surface area contributed by atoms with Crippen molar-refractivity contribution in [2.45, 2.75) is 6.61 Å². The lowest BCUT2D eigenvalue weighted by Crippen LogP contribution is -1.99. The summed E-state index contributed by atoms with van der Waals surface area (Å²) < 4.78 is 11.2. The fourth-order valence-corrected chi connectivity index (χ4v) is 2.90. The van der Waals surface area contributed by atoms with E-state index in [4.69, 9.17) is 37.8 Å². The minimum atomic E-state index is -0.996. The standard InChI is InChI=1S/C22H18Cl2N2O4/c1-29-21-10-14(12-25-26-17-4-2-3-16(11-17)22(27)28)6-8-20(21)30-13-15-5-7-18(23)19(24)9-15/h2-12,26H,13H2,1H3,(H,27,28)/b25-12+. The predicted octanol–water partition coefficient (Wildman–Crippen LogP) is 5.73. The van der Waals surface area contributed by atoms with Crippen molar-refractivity contribution in [2.75, 3.05) is 12.5 Å². The maximum Gasteiger partial charge on any atom is 0.335 e. The van der Waals surface area contributed by atoms with Gasteiger partial charge < -0.3 is 14.6 Å². The number of halogens is 2. The molecular weight excluding hydrogens is 427 g/mol. The van der Waals surface area contributed by atoms with Gasteiger partial charge in [-0.05, 0) is 59.7 Å². The number of hydrogen-bond donors (Lipinski definition) is 2. The molecule has 3 aromatic carbocycles. The van der Waals surface area contributed by atoms with Crippen LogP contribution in [0.2, 0.25) is 10.0 Å². The lowest BCUT2D eigenvalue weighted by atomic mass is 10.2. The smallest absolute Gasteiger partial charge is 0.335 e. The summed E-state index contributed by atoms with van der Waals surface area (Å²) in [6.45, 7) is 0.308. The highest BCUT2D eigenvalue weighted by molar-refractivity contribution is 6.42. The van der Waals surface area contributed by atoms with Gasteiger partial charge in [0.15, 0.2) is 11.5 Å². The Morgan fingerprint density at radius 2 is 1.90 bits per heavy atom. The highest BCUT2D eigenvalue weighted by Crippen LogP contribution is 2.29. The van der Waals surface area contributed by atoms with E-state index < -0.39 is 5.97 Å². The summed E-state index contributed by atoms with van der Waals surface area (Å²) >= 11 is 12.0. The average molecular weight is 445 g/mol. The van der Waals surface area contributed by atoms with Gasteiger partial charge in [0.05, 0.1) is 34.6 Å². The van der Waals surface area contributed by atoms with Crippen LogP contribution in [0.4, 0.5) is 5.69 Å². The van der Waals surface area contributed by atoms with Gasteiger partial charge >= 0.3 is 5.97 Å². The zero-order valence-corrected chi connectivity index (χ0v) is 17.4. The number of benzene rings is 3. The normalized spacial score (nSPS) is 10.8. The number of hydrazone groups is 1. The summed E-state index contributed by atoms with van der Waals surface area (Å²) in [6, 6.07) is 17.1. The first-order chi connectivity index (χ1) is 14.5. The Morgan fingerprint density at radius 3 is 2.63 bits per heavy atom. The van der Waals surface area contributed by atoms with E-state index in [1.807, 2.05) is 12.1 Å². The van der Waals surface area contributed by atoms with Crippen LogP contribution in [-0.4, -0.2) is 24.4 Å². The van der Waals surface area contributed by atoms with Gasteiger partial charge in [-0.15, -0.1) is 0 Å². The zero-order chi connectivity index (χ0) is 21.5. The molecule has 0 saturated carbocycles. The molecule has 0 aliphatic rings. The highest BCUT2D eigenvalue weighted by Gasteiger charge is 2.07. The van der Waals surface area contributed by atoms with Gasteiger partial charge in [0.1, 0.15) is 6.61 Å². The van der Waals surface area contributed by atoms with E-state index in [2.05, 4.69) is 10.5 Å². The van der Waals surface area contributed by atoms with Gasteiger partial charge in [0.2, 0.25) is 0 Å². The molecule has 6 nitrogen and oxygen atoms in total. The minimum absolute atomic E-state index is 0.181. The molecule has 0 amide bonds. The lowest BCUT2D eigenvalue weighted by molar-refractivity contribution is 0.0697. The summed E-state index contributed by atoms with van der Waals surface area (Å²) in [6.07, 6.45) is 1.60. The molecule has 0 atom stereocenters. The van der Waals surface area contributed by atoms with Crippen LogP contribution in [0.25, 0.3) is 0 Å². The molecular formula is C22H18Cl2N2O4. The van der Waals surface area contributed by atoms with Crippen molar-refractivity contribution in [1.29, 1.82) is 0 Å². The van der Waals surface area contributed by atoms with E-state index in [1.165, 1.54) is 12.1 Å². The predicted molar refractivity (Wildman–Crippen MR) is 118 cm³/mol. The number of nitrogens with zero attached hydrogens (tertiary/aromatic N) is 1. The molecule has 30 heavy (non-hydrogen) atoms. The van der Waals surface area contributed by atoms with Crippen molar-refractivity contribution in [3.63, 3.8) is 0 Å². The topological polar surface area (TPSA) is 80.2 Å². The number of carboxylic acid groups (broad SMARTS) is 1. The van der Waals surface area contributed by atoms with Crippen LogP contribution in [0.15, 0.2) is 65.8 Å². The Balaban J connectivity index is 1.66. The van der Waals surface area contributed by atoms with Crippen molar-refractivity contribution >= 4 is 41.1 Å². The molecule has 0 fully saturated rings. The Labute approximate surface area is 183 Å². The lowest BCUT2D eigenvalue weighted by Gasteiger charge is -2.12. The van der Waals surface area contributed by atoms with Crippen molar-refractivity contribution in [2.24, 2.45) is 5.10 Å². The molecule has 0 aliphatic carbocycles. The molecule has 154 valence electrons. The fourth-order valence-electron chi connectivity index (χ4n) is 2.58. The SMILES string of the molecule is COc1cc(/C=N/Nc2cccc(C(=O)O)c2)ccc1OCc1ccc(Cl)c(Cl)c1. The Kier molecular flexibility index (Phi) is 7.17. The highest BCUT2D eigenvalue weighted by atomic mass is 35.5. The van der Waals surface area contributed by atoms with E-state index in [9.17, 15) is 4.79 Å². The molecule has 0 unspecified atom stereocenters. The molecule has 0 radical (unpaired) electrons. The molecule has 0 heterocycles. The number of carbonyl (C=O) groups is 1. The van der Waals surface area contributed by atoms with Gasteiger partial charge in [-0.2, -0.15) is 5.10 Å². The number of anilines is 1. The number of nitrogens with one attached hydrogen (secondary N) is 1. The second kappa shape index (κ2) is 10.0. The van der Waals surface area contributed by atoms with Crippen LogP contribution in [0.3, 0.4) is 0 Å². The number of carboxylic acids is 1. The van der Waals surface area contributed by atoms with Crippen LogP contribution < -0.4 is 14.9 Å². The summed E-state index contributed by atoms with van der Waals surface area (Å²) in [5.74, 6) is 0.124. The van der Waals surface area contributed by atoms with Crippen molar-refractivity contribution in [3.05, 3.63) is 87.4 Å². The van der Waals surface area contributed by atoms with E-state index in [-0.39, 0.29) is 5.56 Å².